The lowest BCUT2D eigenvalue weighted by atomic mass is 9.99. The van der Waals surface area contributed by atoms with Gasteiger partial charge in [0.05, 0.1) is 0 Å². The van der Waals surface area contributed by atoms with E-state index in [4.69, 9.17) is 5.11 Å². The molecule has 1 heterocycles. The van der Waals surface area contributed by atoms with E-state index in [0.29, 0.717) is 6.42 Å². The van der Waals surface area contributed by atoms with Gasteiger partial charge in [0.15, 0.2) is 0 Å². The molecule has 0 aliphatic rings. The second-order valence-corrected chi connectivity index (χ2v) is 4.02. The summed E-state index contributed by atoms with van der Waals surface area (Å²) in [7, 11) is 0. The number of carbonyl (C=O) groups is 2. The predicted molar refractivity (Wildman–Crippen MR) is 62.5 cm³/mol. The van der Waals surface area contributed by atoms with Gasteiger partial charge < -0.3 is 10.4 Å². The first-order chi connectivity index (χ1) is 8.45. The third-order valence-corrected chi connectivity index (χ3v) is 2.71. The van der Waals surface area contributed by atoms with Crippen molar-refractivity contribution in [1.82, 2.24) is 10.3 Å². The summed E-state index contributed by atoms with van der Waals surface area (Å²) >= 11 is 0. The Morgan fingerprint density at radius 2 is 2.17 bits per heavy atom. The molecule has 0 aliphatic carbocycles. The molecule has 1 aromatic heterocycles. The van der Waals surface area contributed by atoms with Gasteiger partial charge in [-0.2, -0.15) is 4.39 Å². The number of hydrogen-bond donors (Lipinski definition) is 2. The number of nitrogens with one attached hydrogen (secondary N) is 1. The van der Waals surface area contributed by atoms with Crippen molar-refractivity contribution in [3.05, 3.63) is 29.8 Å². The van der Waals surface area contributed by atoms with Gasteiger partial charge in [-0.15, -0.1) is 0 Å². The summed E-state index contributed by atoms with van der Waals surface area (Å²) in [5, 5.41) is 11.4. The number of halogens is 1. The van der Waals surface area contributed by atoms with Gasteiger partial charge in [0.1, 0.15) is 11.7 Å². The molecule has 1 amide bonds. The second kappa shape index (κ2) is 6.09. The molecule has 1 aromatic rings. The monoisotopic (exact) mass is 254 g/mol. The zero-order chi connectivity index (χ0) is 13.7. The SMILES string of the molecule is CC[C@H](C)[C@H](NC(=O)c1cccc(F)n1)C(=O)O. The topological polar surface area (TPSA) is 79.3 Å². The number of carboxylic acids is 1. The predicted octanol–water partition coefficient (Wildman–Crippen LogP) is 1.45. The summed E-state index contributed by atoms with van der Waals surface area (Å²) < 4.78 is 12.8. The molecule has 0 bridgehead atoms. The van der Waals surface area contributed by atoms with E-state index in [2.05, 4.69) is 10.3 Å². The zero-order valence-electron chi connectivity index (χ0n) is 10.2. The summed E-state index contributed by atoms with van der Waals surface area (Å²) in [4.78, 5) is 26.2. The lowest BCUT2D eigenvalue weighted by molar-refractivity contribution is -0.140. The highest BCUT2D eigenvalue weighted by atomic mass is 19.1. The van der Waals surface area contributed by atoms with Crippen molar-refractivity contribution >= 4 is 11.9 Å². The summed E-state index contributed by atoms with van der Waals surface area (Å²) in [6.07, 6.45) is 0.605. The Morgan fingerprint density at radius 3 is 2.67 bits per heavy atom. The van der Waals surface area contributed by atoms with Crippen molar-refractivity contribution < 1.29 is 19.1 Å². The van der Waals surface area contributed by atoms with E-state index in [1.54, 1.807) is 6.92 Å². The first-order valence-electron chi connectivity index (χ1n) is 5.62. The fourth-order valence-corrected chi connectivity index (χ4v) is 1.43. The van der Waals surface area contributed by atoms with Gasteiger partial charge in [0, 0.05) is 0 Å². The third-order valence-electron chi connectivity index (χ3n) is 2.71. The average molecular weight is 254 g/mol. The van der Waals surface area contributed by atoms with E-state index in [0.717, 1.165) is 6.07 Å². The Morgan fingerprint density at radius 1 is 1.50 bits per heavy atom. The van der Waals surface area contributed by atoms with Crippen LogP contribution in [0.5, 0.6) is 0 Å². The van der Waals surface area contributed by atoms with E-state index in [9.17, 15) is 14.0 Å². The summed E-state index contributed by atoms with van der Waals surface area (Å²) in [5.74, 6) is -2.81. The third kappa shape index (κ3) is 3.51. The molecule has 0 saturated heterocycles. The maximum absolute atomic E-state index is 12.8. The van der Waals surface area contributed by atoms with Crippen molar-refractivity contribution in [2.45, 2.75) is 26.3 Å². The van der Waals surface area contributed by atoms with E-state index in [1.165, 1.54) is 12.1 Å². The van der Waals surface area contributed by atoms with Crippen LogP contribution in [0.15, 0.2) is 18.2 Å². The Kier molecular flexibility index (Phi) is 4.76. The van der Waals surface area contributed by atoms with Gasteiger partial charge in [-0.1, -0.05) is 26.3 Å². The first kappa shape index (κ1) is 14.1. The second-order valence-electron chi connectivity index (χ2n) is 4.02. The van der Waals surface area contributed by atoms with Crippen LogP contribution in [0.3, 0.4) is 0 Å². The number of carboxylic acid groups (broad SMARTS) is 1. The number of carbonyl (C=O) groups excluding carboxylic acids is 1. The Hall–Kier alpha value is -1.98. The van der Waals surface area contributed by atoms with E-state index in [-0.39, 0.29) is 11.6 Å². The Balaban J connectivity index is 2.82. The van der Waals surface area contributed by atoms with E-state index >= 15 is 0 Å². The number of aliphatic carboxylic acids is 1. The van der Waals surface area contributed by atoms with E-state index in [1.807, 2.05) is 6.92 Å². The lowest BCUT2D eigenvalue weighted by Gasteiger charge is -2.19. The zero-order valence-corrected chi connectivity index (χ0v) is 10.2. The standard InChI is InChI=1S/C12H15FN2O3/c1-3-7(2)10(12(17)18)15-11(16)8-5-4-6-9(13)14-8/h4-7,10H,3H2,1-2H3,(H,15,16)(H,17,18)/t7-,10-/m0/s1. The minimum Gasteiger partial charge on any atom is -0.480 e. The van der Waals surface area contributed by atoms with Crippen LogP contribution in [0.2, 0.25) is 0 Å². The molecule has 0 aliphatic heterocycles. The Labute approximate surface area is 104 Å². The normalized spacial score (nSPS) is 13.7. The molecule has 18 heavy (non-hydrogen) atoms. The molecule has 0 unspecified atom stereocenters. The highest BCUT2D eigenvalue weighted by molar-refractivity contribution is 5.94. The first-order valence-corrected chi connectivity index (χ1v) is 5.62. The molecule has 98 valence electrons. The van der Waals surface area contributed by atoms with Gasteiger partial charge in [0.25, 0.3) is 5.91 Å². The molecule has 2 N–H and O–H groups in total. The number of nitrogens with zero attached hydrogens (tertiary/aromatic N) is 1. The van der Waals surface area contributed by atoms with Crippen molar-refractivity contribution in [3.63, 3.8) is 0 Å². The largest absolute Gasteiger partial charge is 0.480 e. The lowest BCUT2D eigenvalue weighted by Crippen LogP contribution is -2.45. The molecule has 1 rings (SSSR count). The maximum atomic E-state index is 12.8. The summed E-state index contributed by atoms with van der Waals surface area (Å²) in [5.41, 5.74) is -0.135. The number of hydrogen-bond acceptors (Lipinski definition) is 3. The van der Waals surface area contributed by atoms with Crippen LogP contribution < -0.4 is 5.32 Å². The van der Waals surface area contributed by atoms with E-state index < -0.39 is 23.9 Å². The fourth-order valence-electron chi connectivity index (χ4n) is 1.43. The number of aromatic nitrogens is 1. The molecule has 0 radical (unpaired) electrons. The summed E-state index contributed by atoms with van der Waals surface area (Å²) in [6.45, 7) is 3.55. The van der Waals surface area contributed by atoms with Crippen LogP contribution in [0.4, 0.5) is 4.39 Å². The quantitative estimate of drug-likeness (QED) is 0.779. The average Bonchev–Trinajstić information content (AvgIpc) is 2.34. The number of amides is 1. The van der Waals surface area contributed by atoms with Gasteiger partial charge in [0.2, 0.25) is 5.95 Å². The van der Waals surface area contributed by atoms with Gasteiger partial charge in [-0.3, -0.25) is 4.79 Å². The molecule has 6 heteroatoms. The van der Waals surface area contributed by atoms with Crippen LogP contribution in [0.1, 0.15) is 30.8 Å². The van der Waals surface area contributed by atoms with Gasteiger partial charge in [-0.25, -0.2) is 9.78 Å². The minimum absolute atomic E-state index is 0.135. The van der Waals surface area contributed by atoms with Crippen molar-refractivity contribution in [1.29, 1.82) is 0 Å². The van der Waals surface area contributed by atoms with Crippen molar-refractivity contribution in [2.24, 2.45) is 5.92 Å². The van der Waals surface area contributed by atoms with Crippen molar-refractivity contribution in [3.8, 4) is 0 Å². The van der Waals surface area contributed by atoms with Crippen LogP contribution in [-0.2, 0) is 4.79 Å². The highest BCUT2D eigenvalue weighted by Gasteiger charge is 2.26. The highest BCUT2D eigenvalue weighted by Crippen LogP contribution is 2.09. The summed E-state index contributed by atoms with van der Waals surface area (Å²) in [6, 6.07) is 2.78. The number of rotatable bonds is 5. The van der Waals surface area contributed by atoms with Crippen LogP contribution in [0.25, 0.3) is 0 Å². The van der Waals surface area contributed by atoms with Gasteiger partial charge >= 0.3 is 5.97 Å². The molecular weight excluding hydrogens is 239 g/mol. The minimum atomic E-state index is -1.12. The molecular formula is C12H15FN2O3. The van der Waals surface area contributed by atoms with Crippen molar-refractivity contribution in [2.75, 3.05) is 0 Å². The molecule has 5 nitrogen and oxygen atoms in total. The fraction of sp³-hybridized carbons (Fsp3) is 0.417. The van der Waals surface area contributed by atoms with Crippen LogP contribution in [0, 0.1) is 11.9 Å². The molecule has 0 saturated carbocycles. The molecule has 2 atom stereocenters. The molecule has 0 aromatic carbocycles. The molecule has 0 spiro atoms. The van der Waals surface area contributed by atoms with Crippen LogP contribution >= 0.6 is 0 Å². The van der Waals surface area contributed by atoms with Gasteiger partial charge in [-0.05, 0) is 18.1 Å². The smallest absolute Gasteiger partial charge is 0.326 e. The maximum Gasteiger partial charge on any atom is 0.326 e. The molecule has 0 fully saturated rings. The number of pyridine rings is 1. The van der Waals surface area contributed by atoms with Crippen LogP contribution in [-0.4, -0.2) is 28.0 Å². The Bertz CT molecular complexity index is 451.